The summed E-state index contributed by atoms with van der Waals surface area (Å²) in [6.07, 6.45) is 0. The Hall–Kier alpha value is -1.71. The molecule has 0 aliphatic carbocycles. The molecule has 0 aromatic heterocycles. The highest BCUT2D eigenvalue weighted by Crippen LogP contribution is 2.33. The Kier molecular flexibility index (Phi) is 2.74. The first-order valence-corrected chi connectivity index (χ1v) is 3.78. The van der Waals surface area contributed by atoms with Crippen molar-refractivity contribution in [3.63, 3.8) is 0 Å². The average molecular weight is 181 g/mol. The molecular weight excluding hydrogens is 170 g/mol. The SMILES string of the molecule is COc1cccc(NC(C)=O)c1O. The number of benzene rings is 1. The molecule has 1 aromatic rings. The molecule has 0 heterocycles. The van der Waals surface area contributed by atoms with E-state index in [2.05, 4.69) is 5.32 Å². The van der Waals surface area contributed by atoms with E-state index in [-0.39, 0.29) is 11.7 Å². The first-order chi connectivity index (χ1) is 6.15. The molecule has 0 spiro atoms. The van der Waals surface area contributed by atoms with E-state index in [0.29, 0.717) is 11.4 Å². The molecule has 2 N–H and O–H groups in total. The summed E-state index contributed by atoms with van der Waals surface area (Å²) >= 11 is 0. The predicted molar refractivity (Wildman–Crippen MR) is 49.0 cm³/mol. The number of rotatable bonds is 2. The van der Waals surface area contributed by atoms with E-state index in [1.54, 1.807) is 18.2 Å². The molecular formula is C9H11NO3. The molecule has 4 heteroatoms. The zero-order chi connectivity index (χ0) is 9.84. The minimum atomic E-state index is -0.233. The van der Waals surface area contributed by atoms with Gasteiger partial charge in [0.2, 0.25) is 5.91 Å². The Labute approximate surface area is 76.1 Å². The van der Waals surface area contributed by atoms with Crippen molar-refractivity contribution in [3.8, 4) is 11.5 Å². The van der Waals surface area contributed by atoms with Crippen molar-refractivity contribution in [2.75, 3.05) is 12.4 Å². The Bertz CT molecular complexity index is 323. The molecule has 0 saturated heterocycles. The molecule has 0 unspecified atom stereocenters. The van der Waals surface area contributed by atoms with Crippen LogP contribution in [-0.2, 0) is 4.79 Å². The molecule has 0 aliphatic rings. The first kappa shape index (κ1) is 9.38. The van der Waals surface area contributed by atoms with Crippen LogP contribution < -0.4 is 10.1 Å². The van der Waals surface area contributed by atoms with Gasteiger partial charge >= 0.3 is 0 Å². The maximum atomic E-state index is 10.7. The Morgan fingerprint density at radius 1 is 1.54 bits per heavy atom. The number of para-hydroxylation sites is 1. The molecule has 4 nitrogen and oxygen atoms in total. The molecule has 13 heavy (non-hydrogen) atoms. The van der Waals surface area contributed by atoms with Crippen LogP contribution in [-0.4, -0.2) is 18.1 Å². The lowest BCUT2D eigenvalue weighted by Crippen LogP contribution is -2.05. The standard InChI is InChI=1S/C9H11NO3/c1-6(11)10-7-4-3-5-8(13-2)9(7)12/h3-5,12H,1-2H3,(H,10,11). The number of amides is 1. The van der Waals surface area contributed by atoms with Crippen LogP contribution in [0.4, 0.5) is 5.69 Å². The fraction of sp³-hybridized carbons (Fsp3) is 0.222. The molecule has 0 bridgehead atoms. The number of ether oxygens (including phenoxy) is 1. The quantitative estimate of drug-likeness (QED) is 0.677. The third-order valence-corrected chi connectivity index (χ3v) is 1.53. The van der Waals surface area contributed by atoms with Crippen molar-refractivity contribution in [1.29, 1.82) is 0 Å². The summed E-state index contributed by atoms with van der Waals surface area (Å²) in [7, 11) is 1.45. The molecule has 0 saturated carbocycles. The normalized spacial score (nSPS) is 9.38. The fourth-order valence-corrected chi connectivity index (χ4v) is 0.978. The minimum Gasteiger partial charge on any atom is -0.503 e. The average Bonchev–Trinajstić information content (AvgIpc) is 2.08. The van der Waals surface area contributed by atoms with Crippen molar-refractivity contribution >= 4 is 11.6 Å². The van der Waals surface area contributed by atoms with Gasteiger partial charge in [0.05, 0.1) is 12.8 Å². The van der Waals surface area contributed by atoms with Crippen LogP contribution in [0.1, 0.15) is 6.92 Å². The van der Waals surface area contributed by atoms with E-state index in [9.17, 15) is 9.90 Å². The summed E-state index contributed by atoms with van der Waals surface area (Å²) in [5.74, 6) is 0.0509. The number of nitrogens with one attached hydrogen (secondary N) is 1. The van der Waals surface area contributed by atoms with Gasteiger partial charge in [-0.2, -0.15) is 0 Å². The monoisotopic (exact) mass is 181 g/mol. The van der Waals surface area contributed by atoms with Gasteiger partial charge in [0.25, 0.3) is 0 Å². The number of carbonyl (C=O) groups is 1. The number of hydrogen-bond acceptors (Lipinski definition) is 3. The summed E-state index contributed by atoms with van der Waals surface area (Å²) in [5.41, 5.74) is 0.354. The highest BCUT2D eigenvalue weighted by atomic mass is 16.5. The summed E-state index contributed by atoms with van der Waals surface area (Å²) in [4.78, 5) is 10.7. The molecule has 0 aliphatic heterocycles. The Balaban J connectivity index is 3.01. The minimum absolute atomic E-state index is 0.0554. The second-order valence-electron chi connectivity index (χ2n) is 2.54. The van der Waals surface area contributed by atoms with Gasteiger partial charge in [-0.25, -0.2) is 0 Å². The number of phenols is 1. The van der Waals surface area contributed by atoms with Gasteiger partial charge in [-0.1, -0.05) is 6.07 Å². The Morgan fingerprint density at radius 2 is 2.23 bits per heavy atom. The van der Waals surface area contributed by atoms with E-state index < -0.39 is 0 Å². The maximum absolute atomic E-state index is 10.7. The van der Waals surface area contributed by atoms with Gasteiger partial charge < -0.3 is 15.2 Å². The van der Waals surface area contributed by atoms with Crippen LogP contribution in [0.2, 0.25) is 0 Å². The van der Waals surface area contributed by atoms with Crippen molar-refractivity contribution in [3.05, 3.63) is 18.2 Å². The van der Waals surface area contributed by atoms with Crippen LogP contribution >= 0.6 is 0 Å². The van der Waals surface area contributed by atoms with Crippen molar-refractivity contribution < 1.29 is 14.6 Å². The maximum Gasteiger partial charge on any atom is 0.221 e. The van der Waals surface area contributed by atoms with Crippen LogP contribution in [0.15, 0.2) is 18.2 Å². The van der Waals surface area contributed by atoms with E-state index in [1.165, 1.54) is 14.0 Å². The van der Waals surface area contributed by atoms with Crippen LogP contribution in [0.5, 0.6) is 11.5 Å². The smallest absolute Gasteiger partial charge is 0.221 e. The zero-order valence-corrected chi connectivity index (χ0v) is 7.50. The highest BCUT2D eigenvalue weighted by molar-refractivity contribution is 5.90. The highest BCUT2D eigenvalue weighted by Gasteiger charge is 2.07. The molecule has 0 radical (unpaired) electrons. The van der Waals surface area contributed by atoms with Gasteiger partial charge in [-0.3, -0.25) is 4.79 Å². The third kappa shape index (κ3) is 2.11. The summed E-state index contributed by atoms with van der Waals surface area (Å²) in [6, 6.07) is 4.89. The molecule has 0 fully saturated rings. The Morgan fingerprint density at radius 3 is 2.77 bits per heavy atom. The largest absolute Gasteiger partial charge is 0.503 e. The van der Waals surface area contributed by atoms with E-state index in [4.69, 9.17) is 4.74 Å². The third-order valence-electron chi connectivity index (χ3n) is 1.53. The lowest BCUT2D eigenvalue weighted by atomic mass is 10.2. The molecule has 1 aromatic carbocycles. The van der Waals surface area contributed by atoms with Crippen LogP contribution in [0, 0.1) is 0 Å². The number of aromatic hydroxyl groups is 1. The van der Waals surface area contributed by atoms with Crippen LogP contribution in [0.3, 0.4) is 0 Å². The first-order valence-electron chi connectivity index (χ1n) is 3.78. The summed E-state index contributed by atoms with van der Waals surface area (Å²) < 4.78 is 4.87. The number of anilines is 1. The van der Waals surface area contributed by atoms with Gasteiger partial charge in [0.1, 0.15) is 0 Å². The van der Waals surface area contributed by atoms with Gasteiger partial charge in [-0.05, 0) is 12.1 Å². The van der Waals surface area contributed by atoms with Gasteiger partial charge in [0.15, 0.2) is 11.5 Å². The second kappa shape index (κ2) is 3.80. The zero-order valence-electron chi connectivity index (χ0n) is 7.50. The molecule has 1 amide bonds. The lowest BCUT2D eigenvalue weighted by molar-refractivity contribution is -0.114. The topological polar surface area (TPSA) is 58.6 Å². The van der Waals surface area contributed by atoms with Crippen LogP contribution in [0.25, 0.3) is 0 Å². The molecule has 0 atom stereocenters. The van der Waals surface area contributed by atoms with Crippen molar-refractivity contribution in [2.24, 2.45) is 0 Å². The molecule has 70 valence electrons. The number of carbonyl (C=O) groups excluding carboxylic acids is 1. The van der Waals surface area contributed by atoms with Crippen molar-refractivity contribution in [2.45, 2.75) is 6.92 Å². The number of hydrogen-bond donors (Lipinski definition) is 2. The lowest BCUT2D eigenvalue weighted by Gasteiger charge is -2.08. The predicted octanol–water partition coefficient (Wildman–Crippen LogP) is 1.36. The van der Waals surface area contributed by atoms with Crippen molar-refractivity contribution in [1.82, 2.24) is 0 Å². The molecule has 1 rings (SSSR count). The van der Waals surface area contributed by atoms with E-state index in [0.717, 1.165) is 0 Å². The number of phenolic OH excluding ortho intramolecular Hbond substituents is 1. The summed E-state index contributed by atoms with van der Waals surface area (Å²) in [5, 5.41) is 12.0. The van der Waals surface area contributed by atoms with Gasteiger partial charge in [0, 0.05) is 6.92 Å². The fourth-order valence-electron chi connectivity index (χ4n) is 0.978. The van der Waals surface area contributed by atoms with E-state index in [1.807, 2.05) is 0 Å². The van der Waals surface area contributed by atoms with Gasteiger partial charge in [-0.15, -0.1) is 0 Å². The van der Waals surface area contributed by atoms with E-state index >= 15 is 0 Å². The summed E-state index contributed by atoms with van der Waals surface area (Å²) in [6.45, 7) is 1.37. The second-order valence-corrected chi connectivity index (χ2v) is 2.54. The number of methoxy groups -OCH3 is 1.